The summed E-state index contributed by atoms with van der Waals surface area (Å²) in [4.78, 5) is 12.7. The maximum absolute atomic E-state index is 13.0. The summed E-state index contributed by atoms with van der Waals surface area (Å²) in [5, 5.41) is 3.11. The minimum atomic E-state index is -0.692. The van der Waals surface area contributed by atoms with E-state index in [1.807, 2.05) is 24.3 Å². The number of ether oxygens (including phenoxy) is 2. The fourth-order valence-corrected chi connectivity index (χ4v) is 3.49. The lowest BCUT2D eigenvalue weighted by Crippen LogP contribution is -2.46. The maximum Gasteiger partial charge on any atom is 0.261 e. The van der Waals surface area contributed by atoms with E-state index in [-0.39, 0.29) is 23.4 Å². The van der Waals surface area contributed by atoms with Gasteiger partial charge in [-0.25, -0.2) is 4.39 Å². The number of halogens is 1. The number of amides is 1. The molecule has 1 amide bonds. The molecule has 27 heavy (non-hydrogen) atoms. The summed E-state index contributed by atoms with van der Waals surface area (Å²) in [5.41, 5.74) is 0.699. The number of nitrogens with one attached hydrogen (secondary N) is 1. The number of hydrogen-bond acceptors (Lipinski definition) is 3. The second kappa shape index (κ2) is 7.99. The van der Waals surface area contributed by atoms with Crippen LogP contribution in [0, 0.1) is 5.82 Å². The molecule has 0 aliphatic carbocycles. The number of benzene rings is 2. The fraction of sp³-hybridized carbons (Fsp3) is 0.409. The van der Waals surface area contributed by atoms with Gasteiger partial charge in [0.15, 0.2) is 6.10 Å². The summed E-state index contributed by atoms with van der Waals surface area (Å²) in [6.07, 6.45) is 1.76. The minimum absolute atomic E-state index is 0.137. The first kappa shape index (κ1) is 19.2. The van der Waals surface area contributed by atoms with Gasteiger partial charge in [-0.1, -0.05) is 32.0 Å². The van der Waals surface area contributed by atoms with Crippen molar-refractivity contribution in [2.24, 2.45) is 0 Å². The Morgan fingerprint density at radius 1 is 1.22 bits per heavy atom. The van der Waals surface area contributed by atoms with Crippen molar-refractivity contribution in [3.8, 4) is 11.5 Å². The van der Waals surface area contributed by atoms with Crippen molar-refractivity contribution in [2.45, 2.75) is 57.8 Å². The molecule has 2 unspecified atom stereocenters. The van der Waals surface area contributed by atoms with Crippen LogP contribution in [-0.4, -0.2) is 17.6 Å². The van der Waals surface area contributed by atoms with Crippen molar-refractivity contribution >= 4 is 5.91 Å². The molecule has 0 fully saturated rings. The van der Waals surface area contributed by atoms with Crippen molar-refractivity contribution in [3.63, 3.8) is 0 Å². The molecule has 2 atom stereocenters. The van der Waals surface area contributed by atoms with Gasteiger partial charge in [-0.15, -0.1) is 0 Å². The van der Waals surface area contributed by atoms with Crippen LogP contribution in [0.5, 0.6) is 11.5 Å². The molecule has 0 bridgehead atoms. The molecule has 2 aromatic carbocycles. The monoisotopic (exact) mass is 371 g/mol. The van der Waals surface area contributed by atoms with E-state index >= 15 is 0 Å². The van der Waals surface area contributed by atoms with Crippen LogP contribution in [0.2, 0.25) is 0 Å². The Morgan fingerprint density at radius 2 is 1.89 bits per heavy atom. The second-order valence-electron chi connectivity index (χ2n) is 7.01. The molecule has 0 saturated carbocycles. The molecule has 2 aromatic rings. The molecule has 1 aliphatic rings. The highest BCUT2D eigenvalue weighted by molar-refractivity contribution is 5.81. The molecular weight excluding hydrogens is 345 g/mol. The van der Waals surface area contributed by atoms with Crippen molar-refractivity contribution in [3.05, 3.63) is 59.9 Å². The second-order valence-corrected chi connectivity index (χ2v) is 7.01. The van der Waals surface area contributed by atoms with Crippen LogP contribution in [-0.2, 0) is 4.79 Å². The van der Waals surface area contributed by atoms with Crippen LogP contribution in [0.1, 0.15) is 51.6 Å². The summed E-state index contributed by atoms with van der Waals surface area (Å²) < 4.78 is 25.0. The Morgan fingerprint density at radius 3 is 2.56 bits per heavy atom. The van der Waals surface area contributed by atoms with Gasteiger partial charge in [-0.3, -0.25) is 4.79 Å². The standard InChI is InChI=1S/C22H26FNO3/c1-4-22(5-2)14-19(18-8-6-7-9-20(18)27-22)24-21(25)15(3)26-17-12-10-16(23)11-13-17/h6-13,15,19H,4-5,14H2,1-3H3,(H,24,25). The smallest absolute Gasteiger partial charge is 0.261 e. The Bertz CT molecular complexity index is 786. The van der Waals surface area contributed by atoms with Crippen LogP contribution < -0.4 is 14.8 Å². The zero-order chi connectivity index (χ0) is 19.4. The van der Waals surface area contributed by atoms with Gasteiger partial charge in [-0.2, -0.15) is 0 Å². The lowest BCUT2D eigenvalue weighted by Gasteiger charge is -2.41. The van der Waals surface area contributed by atoms with Crippen molar-refractivity contribution in [1.82, 2.24) is 5.32 Å². The van der Waals surface area contributed by atoms with Crippen LogP contribution >= 0.6 is 0 Å². The van der Waals surface area contributed by atoms with Gasteiger partial charge in [0.05, 0.1) is 6.04 Å². The molecule has 5 heteroatoms. The predicted molar refractivity (Wildman–Crippen MR) is 102 cm³/mol. The van der Waals surface area contributed by atoms with E-state index in [1.165, 1.54) is 24.3 Å². The number of fused-ring (bicyclic) bond motifs is 1. The fourth-order valence-electron chi connectivity index (χ4n) is 3.49. The Labute approximate surface area is 159 Å². The summed E-state index contributed by atoms with van der Waals surface area (Å²) >= 11 is 0. The topological polar surface area (TPSA) is 47.6 Å². The summed E-state index contributed by atoms with van der Waals surface area (Å²) in [5.74, 6) is 0.739. The van der Waals surface area contributed by atoms with Gasteiger partial charge in [0, 0.05) is 12.0 Å². The van der Waals surface area contributed by atoms with E-state index in [0.29, 0.717) is 12.2 Å². The highest BCUT2D eigenvalue weighted by Crippen LogP contribution is 2.42. The van der Waals surface area contributed by atoms with E-state index in [0.717, 1.165) is 24.2 Å². The third-order valence-corrected chi connectivity index (χ3v) is 5.30. The van der Waals surface area contributed by atoms with Crippen LogP contribution in [0.3, 0.4) is 0 Å². The molecule has 0 aromatic heterocycles. The average Bonchev–Trinajstić information content (AvgIpc) is 2.69. The van der Waals surface area contributed by atoms with E-state index < -0.39 is 6.10 Å². The first-order valence-corrected chi connectivity index (χ1v) is 9.47. The Hall–Kier alpha value is -2.56. The van der Waals surface area contributed by atoms with Gasteiger partial charge < -0.3 is 14.8 Å². The maximum atomic E-state index is 13.0. The van der Waals surface area contributed by atoms with E-state index in [9.17, 15) is 9.18 Å². The molecule has 0 radical (unpaired) electrons. The quantitative estimate of drug-likeness (QED) is 0.794. The minimum Gasteiger partial charge on any atom is -0.487 e. The first-order chi connectivity index (χ1) is 13.0. The first-order valence-electron chi connectivity index (χ1n) is 9.47. The summed E-state index contributed by atoms with van der Waals surface area (Å²) in [6.45, 7) is 5.91. The molecule has 4 nitrogen and oxygen atoms in total. The SMILES string of the molecule is CCC1(CC)CC(NC(=O)C(C)Oc2ccc(F)cc2)c2ccccc2O1. The normalized spacial score (nSPS) is 18.7. The molecular formula is C22H26FNO3. The van der Waals surface area contributed by atoms with Crippen LogP contribution in [0.15, 0.2) is 48.5 Å². The Balaban J connectivity index is 1.74. The molecule has 0 spiro atoms. The van der Waals surface area contributed by atoms with E-state index in [4.69, 9.17) is 9.47 Å². The number of carbonyl (C=O) groups excluding carboxylic acids is 1. The van der Waals surface area contributed by atoms with Gasteiger partial charge in [0.25, 0.3) is 5.91 Å². The number of rotatable bonds is 6. The van der Waals surface area contributed by atoms with Gasteiger partial charge >= 0.3 is 0 Å². The van der Waals surface area contributed by atoms with E-state index in [2.05, 4.69) is 19.2 Å². The Kier molecular flexibility index (Phi) is 5.68. The molecule has 144 valence electrons. The van der Waals surface area contributed by atoms with Gasteiger partial charge in [0.2, 0.25) is 0 Å². The molecule has 0 saturated heterocycles. The van der Waals surface area contributed by atoms with Crippen molar-refractivity contribution in [2.75, 3.05) is 0 Å². The highest BCUT2D eigenvalue weighted by Gasteiger charge is 2.39. The largest absolute Gasteiger partial charge is 0.487 e. The third-order valence-electron chi connectivity index (χ3n) is 5.30. The molecule has 3 rings (SSSR count). The molecule has 1 heterocycles. The zero-order valence-corrected chi connectivity index (χ0v) is 16.0. The average molecular weight is 371 g/mol. The lowest BCUT2D eigenvalue weighted by molar-refractivity contribution is -0.128. The van der Waals surface area contributed by atoms with Crippen LogP contribution in [0.25, 0.3) is 0 Å². The van der Waals surface area contributed by atoms with E-state index in [1.54, 1.807) is 6.92 Å². The van der Waals surface area contributed by atoms with Crippen molar-refractivity contribution in [1.29, 1.82) is 0 Å². The summed E-state index contributed by atoms with van der Waals surface area (Å²) in [7, 11) is 0. The molecule has 1 aliphatic heterocycles. The van der Waals surface area contributed by atoms with Gasteiger partial charge in [0.1, 0.15) is 22.9 Å². The van der Waals surface area contributed by atoms with Gasteiger partial charge in [-0.05, 0) is 50.1 Å². The zero-order valence-electron chi connectivity index (χ0n) is 16.0. The number of hydrogen-bond donors (Lipinski definition) is 1. The summed E-state index contributed by atoms with van der Waals surface area (Å²) in [6, 6.07) is 13.3. The van der Waals surface area contributed by atoms with Crippen molar-refractivity contribution < 1.29 is 18.7 Å². The van der Waals surface area contributed by atoms with Crippen LogP contribution in [0.4, 0.5) is 4.39 Å². The third kappa shape index (κ3) is 4.24. The number of carbonyl (C=O) groups is 1. The molecule has 1 N–H and O–H groups in total. The highest BCUT2D eigenvalue weighted by atomic mass is 19.1. The number of para-hydroxylation sites is 1. The predicted octanol–water partition coefficient (Wildman–Crippen LogP) is 4.79. The lowest BCUT2D eigenvalue weighted by atomic mass is 9.83.